The third-order valence-electron chi connectivity index (χ3n) is 6.30. The summed E-state index contributed by atoms with van der Waals surface area (Å²) in [5.74, 6) is -1.13. The van der Waals surface area contributed by atoms with Crippen molar-refractivity contribution >= 4 is 62.8 Å². The third kappa shape index (κ3) is 6.15. The molecule has 0 spiro atoms. The van der Waals surface area contributed by atoms with Crippen LogP contribution in [-0.4, -0.2) is 47.8 Å². The standard InChI is InChI=1S/C31H30N4O5/c1-19(32-39-21(3)36)24-9-13-29-27(17-24)28-18-25(20(2)33-40-22(4)37)10-14-30(28)35(29)16-15-31(38)23-7-11-26(12-8-23)34(5)6/h7-18H,1-6H3/b16-15+,32-19-,33-20-. The molecule has 4 rings (SSSR count). The first kappa shape index (κ1) is 28.0. The smallest absolute Gasteiger partial charge is 0.331 e. The molecule has 9 nitrogen and oxygen atoms in total. The van der Waals surface area contributed by atoms with Crippen LogP contribution < -0.4 is 4.90 Å². The van der Waals surface area contributed by atoms with E-state index in [0.29, 0.717) is 17.0 Å². The highest BCUT2D eigenvalue weighted by Gasteiger charge is 2.14. The Labute approximate surface area is 231 Å². The molecule has 0 unspecified atom stereocenters. The molecule has 4 aromatic rings. The van der Waals surface area contributed by atoms with Crippen molar-refractivity contribution in [1.29, 1.82) is 0 Å². The Bertz CT molecular complexity index is 1620. The molecule has 0 saturated carbocycles. The van der Waals surface area contributed by atoms with Gasteiger partial charge in [0, 0.05) is 62.2 Å². The van der Waals surface area contributed by atoms with Gasteiger partial charge in [-0.25, -0.2) is 9.59 Å². The van der Waals surface area contributed by atoms with E-state index < -0.39 is 11.9 Å². The maximum absolute atomic E-state index is 13.0. The monoisotopic (exact) mass is 538 g/mol. The number of carbonyl (C=O) groups is 3. The van der Waals surface area contributed by atoms with Crippen molar-refractivity contribution in [3.63, 3.8) is 0 Å². The summed E-state index contributed by atoms with van der Waals surface area (Å²) in [5.41, 5.74) is 5.92. The summed E-state index contributed by atoms with van der Waals surface area (Å²) in [6.45, 7) is 6.09. The minimum absolute atomic E-state index is 0.123. The summed E-state index contributed by atoms with van der Waals surface area (Å²) in [7, 11) is 3.90. The van der Waals surface area contributed by atoms with Crippen LogP contribution in [0.15, 0.2) is 77.1 Å². The summed E-state index contributed by atoms with van der Waals surface area (Å²) in [6, 6.07) is 19.0. The average Bonchev–Trinajstić information content (AvgIpc) is 3.25. The summed E-state index contributed by atoms with van der Waals surface area (Å²) in [5, 5.41) is 9.61. The third-order valence-corrected chi connectivity index (χ3v) is 6.30. The quantitative estimate of drug-likeness (QED) is 0.0925. The predicted octanol–water partition coefficient (Wildman–Crippen LogP) is 5.79. The van der Waals surface area contributed by atoms with Gasteiger partial charge in [0.2, 0.25) is 0 Å². The zero-order chi connectivity index (χ0) is 29.0. The molecule has 40 heavy (non-hydrogen) atoms. The zero-order valence-electron chi connectivity index (χ0n) is 23.3. The summed E-state index contributed by atoms with van der Waals surface area (Å²) >= 11 is 0. The SMILES string of the molecule is CC(=O)O/N=C(/C)c1ccc2c(c1)c1cc(/C(C)=N\OC(C)=O)ccc1n2/C=C/C(=O)c1ccc(N(C)C)cc1. The summed E-state index contributed by atoms with van der Waals surface area (Å²) in [4.78, 5) is 47.1. The molecule has 0 amide bonds. The van der Waals surface area contributed by atoms with Crippen molar-refractivity contribution < 1.29 is 24.1 Å². The van der Waals surface area contributed by atoms with Crippen molar-refractivity contribution in [2.75, 3.05) is 19.0 Å². The van der Waals surface area contributed by atoms with Crippen molar-refractivity contribution in [2.24, 2.45) is 10.3 Å². The normalized spacial score (nSPS) is 12.2. The molecule has 3 aromatic carbocycles. The Hall–Kier alpha value is -5.05. The van der Waals surface area contributed by atoms with Crippen LogP contribution in [0.2, 0.25) is 0 Å². The predicted molar refractivity (Wildman–Crippen MR) is 158 cm³/mol. The fourth-order valence-corrected chi connectivity index (χ4v) is 4.20. The lowest BCUT2D eigenvalue weighted by Gasteiger charge is -2.11. The van der Waals surface area contributed by atoms with Gasteiger partial charge in [0.25, 0.3) is 0 Å². The van der Waals surface area contributed by atoms with Gasteiger partial charge in [-0.15, -0.1) is 0 Å². The number of rotatable bonds is 8. The number of nitrogens with zero attached hydrogens (tertiary/aromatic N) is 4. The highest BCUT2D eigenvalue weighted by atomic mass is 16.7. The van der Waals surface area contributed by atoms with E-state index >= 15 is 0 Å². The van der Waals surface area contributed by atoms with Crippen molar-refractivity contribution in [1.82, 2.24) is 4.57 Å². The van der Waals surface area contributed by atoms with Gasteiger partial charge in [-0.05, 0) is 73.5 Å². The molecule has 9 heteroatoms. The lowest BCUT2D eigenvalue weighted by Crippen LogP contribution is -2.08. The number of ketones is 1. The molecule has 0 saturated heterocycles. The fourth-order valence-electron chi connectivity index (χ4n) is 4.20. The maximum atomic E-state index is 13.0. The van der Waals surface area contributed by atoms with E-state index in [4.69, 9.17) is 9.68 Å². The van der Waals surface area contributed by atoms with Crippen LogP contribution in [0.1, 0.15) is 49.2 Å². The molecule has 0 aliphatic rings. The lowest BCUT2D eigenvalue weighted by molar-refractivity contribution is -0.141. The summed E-state index contributed by atoms with van der Waals surface area (Å²) < 4.78 is 1.95. The van der Waals surface area contributed by atoms with Crippen molar-refractivity contribution in [3.8, 4) is 0 Å². The second kappa shape index (κ2) is 11.8. The number of carbonyl (C=O) groups excluding carboxylic acids is 3. The zero-order valence-corrected chi connectivity index (χ0v) is 23.3. The maximum Gasteiger partial charge on any atom is 0.331 e. The number of oxime groups is 2. The van der Waals surface area contributed by atoms with E-state index in [1.165, 1.54) is 13.8 Å². The molecule has 0 radical (unpaired) electrons. The minimum atomic E-state index is -0.504. The second-order valence-electron chi connectivity index (χ2n) is 9.47. The van der Waals surface area contributed by atoms with Crippen LogP contribution in [0, 0.1) is 0 Å². The van der Waals surface area contributed by atoms with Gasteiger partial charge in [-0.1, -0.05) is 22.4 Å². The van der Waals surface area contributed by atoms with Crippen LogP contribution >= 0.6 is 0 Å². The molecule has 204 valence electrons. The number of hydrogen-bond acceptors (Lipinski definition) is 8. The lowest BCUT2D eigenvalue weighted by atomic mass is 10.0. The molecular formula is C31H30N4O5. The number of allylic oxidation sites excluding steroid dienone is 1. The van der Waals surface area contributed by atoms with Crippen LogP contribution in [0.5, 0.6) is 0 Å². The van der Waals surface area contributed by atoms with Crippen LogP contribution in [0.3, 0.4) is 0 Å². The molecular weight excluding hydrogens is 508 g/mol. The Morgan fingerprint density at radius 1 is 0.700 bits per heavy atom. The van der Waals surface area contributed by atoms with E-state index in [2.05, 4.69) is 10.3 Å². The first-order valence-corrected chi connectivity index (χ1v) is 12.6. The molecule has 0 N–H and O–H groups in total. The van der Waals surface area contributed by atoms with Gasteiger partial charge >= 0.3 is 11.9 Å². The van der Waals surface area contributed by atoms with Crippen LogP contribution in [0.4, 0.5) is 5.69 Å². The molecule has 0 fully saturated rings. The molecule has 0 bridgehead atoms. The number of fused-ring (bicyclic) bond motifs is 3. The molecule has 0 aliphatic carbocycles. The van der Waals surface area contributed by atoms with E-state index in [1.807, 2.05) is 84.2 Å². The molecule has 0 atom stereocenters. The topological polar surface area (TPSA) is 103 Å². The number of anilines is 1. The number of benzene rings is 3. The van der Waals surface area contributed by atoms with E-state index in [0.717, 1.165) is 38.6 Å². The van der Waals surface area contributed by atoms with Crippen molar-refractivity contribution in [2.45, 2.75) is 27.7 Å². The Kier molecular flexibility index (Phi) is 8.23. The first-order chi connectivity index (χ1) is 19.0. The second-order valence-corrected chi connectivity index (χ2v) is 9.47. The highest BCUT2D eigenvalue weighted by molar-refractivity contribution is 6.15. The van der Waals surface area contributed by atoms with Gasteiger partial charge in [0.15, 0.2) is 5.78 Å². The Balaban J connectivity index is 1.82. The van der Waals surface area contributed by atoms with Gasteiger partial charge in [-0.2, -0.15) is 0 Å². The van der Waals surface area contributed by atoms with E-state index in [1.54, 1.807) is 26.1 Å². The molecule has 1 aromatic heterocycles. The van der Waals surface area contributed by atoms with Crippen LogP contribution in [0.25, 0.3) is 28.0 Å². The van der Waals surface area contributed by atoms with Gasteiger partial charge < -0.3 is 19.1 Å². The van der Waals surface area contributed by atoms with Gasteiger partial charge in [-0.3, -0.25) is 4.79 Å². The molecule has 0 aliphatic heterocycles. The van der Waals surface area contributed by atoms with Gasteiger partial charge in [0.1, 0.15) is 0 Å². The van der Waals surface area contributed by atoms with Gasteiger partial charge in [0.05, 0.1) is 22.5 Å². The highest BCUT2D eigenvalue weighted by Crippen LogP contribution is 2.31. The number of aromatic nitrogens is 1. The van der Waals surface area contributed by atoms with Crippen LogP contribution in [-0.2, 0) is 19.3 Å². The average molecular weight is 539 g/mol. The van der Waals surface area contributed by atoms with E-state index in [-0.39, 0.29) is 5.78 Å². The Morgan fingerprint density at radius 3 is 1.57 bits per heavy atom. The number of hydrogen-bond donors (Lipinski definition) is 0. The minimum Gasteiger partial charge on any atom is -0.378 e. The Morgan fingerprint density at radius 2 is 1.15 bits per heavy atom. The van der Waals surface area contributed by atoms with E-state index in [9.17, 15) is 14.4 Å². The first-order valence-electron chi connectivity index (χ1n) is 12.6. The van der Waals surface area contributed by atoms with Crippen molar-refractivity contribution in [3.05, 3.63) is 83.4 Å². The largest absolute Gasteiger partial charge is 0.378 e. The fraction of sp³-hybridized carbons (Fsp3) is 0.194. The molecule has 1 heterocycles. The summed E-state index contributed by atoms with van der Waals surface area (Å²) in [6.07, 6.45) is 3.30.